The molecule has 110 valence electrons. The third kappa shape index (κ3) is 3.70. The number of carbonyl (C=O) groups excluding carboxylic acids is 1. The van der Waals surface area contributed by atoms with Crippen LogP contribution < -0.4 is 5.32 Å². The van der Waals surface area contributed by atoms with E-state index in [4.69, 9.17) is 11.6 Å². The lowest BCUT2D eigenvalue weighted by Crippen LogP contribution is -2.06. The molecule has 0 atom stereocenters. The Morgan fingerprint density at radius 3 is 2.57 bits per heavy atom. The van der Waals surface area contributed by atoms with E-state index in [0.29, 0.717) is 5.56 Å². The van der Waals surface area contributed by atoms with Crippen LogP contribution in [-0.2, 0) is 11.3 Å². The molecule has 0 heterocycles. The summed E-state index contributed by atoms with van der Waals surface area (Å²) in [5.74, 6) is -1.57. The van der Waals surface area contributed by atoms with Gasteiger partial charge in [0.05, 0.1) is 23.4 Å². The van der Waals surface area contributed by atoms with Crippen molar-refractivity contribution in [1.82, 2.24) is 0 Å². The molecule has 2 rings (SSSR count). The molecule has 0 amide bonds. The van der Waals surface area contributed by atoms with Crippen LogP contribution in [0.2, 0.25) is 5.02 Å². The fraction of sp³-hybridized carbons (Fsp3) is 0.133. The molecular weight excluding hydrogens is 300 g/mol. The fourth-order valence-corrected chi connectivity index (χ4v) is 1.96. The molecule has 0 saturated heterocycles. The Labute approximate surface area is 125 Å². The Kier molecular flexibility index (Phi) is 4.75. The minimum Gasteiger partial charge on any atom is -0.465 e. The molecule has 0 aromatic heterocycles. The highest BCUT2D eigenvalue weighted by Crippen LogP contribution is 2.20. The maximum absolute atomic E-state index is 13.7. The lowest BCUT2D eigenvalue weighted by molar-refractivity contribution is 0.0600. The van der Waals surface area contributed by atoms with Gasteiger partial charge in [-0.25, -0.2) is 13.6 Å². The summed E-state index contributed by atoms with van der Waals surface area (Å²) in [5.41, 5.74) is 1.07. The Morgan fingerprint density at radius 1 is 1.19 bits per heavy atom. The predicted molar refractivity (Wildman–Crippen MR) is 76.5 cm³/mol. The summed E-state index contributed by atoms with van der Waals surface area (Å²) < 4.78 is 31.3. The zero-order chi connectivity index (χ0) is 15.4. The second-order valence-corrected chi connectivity index (χ2v) is 4.70. The van der Waals surface area contributed by atoms with Crippen molar-refractivity contribution in [1.29, 1.82) is 0 Å². The highest BCUT2D eigenvalue weighted by Gasteiger charge is 2.10. The van der Waals surface area contributed by atoms with E-state index < -0.39 is 17.6 Å². The molecule has 0 bridgehead atoms. The van der Waals surface area contributed by atoms with Crippen molar-refractivity contribution in [3.8, 4) is 0 Å². The first-order valence-corrected chi connectivity index (χ1v) is 6.44. The lowest BCUT2D eigenvalue weighted by Gasteiger charge is -2.09. The van der Waals surface area contributed by atoms with E-state index in [1.807, 2.05) is 0 Å². The van der Waals surface area contributed by atoms with Gasteiger partial charge in [-0.2, -0.15) is 0 Å². The van der Waals surface area contributed by atoms with Gasteiger partial charge < -0.3 is 10.1 Å². The molecule has 21 heavy (non-hydrogen) atoms. The van der Waals surface area contributed by atoms with Crippen LogP contribution in [0.15, 0.2) is 36.4 Å². The lowest BCUT2D eigenvalue weighted by atomic mass is 10.1. The third-order valence-corrected chi connectivity index (χ3v) is 3.14. The molecule has 0 radical (unpaired) electrons. The van der Waals surface area contributed by atoms with Crippen molar-refractivity contribution in [2.24, 2.45) is 0 Å². The van der Waals surface area contributed by atoms with Gasteiger partial charge in [-0.1, -0.05) is 17.7 Å². The average Bonchev–Trinajstić information content (AvgIpc) is 2.49. The molecule has 0 unspecified atom stereocenters. The van der Waals surface area contributed by atoms with E-state index in [0.717, 1.165) is 0 Å². The minimum atomic E-state index is -0.553. The number of nitrogens with one attached hydrogen (secondary N) is 1. The van der Waals surface area contributed by atoms with Crippen molar-refractivity contribution >= 4 is 23.3 Å². The molecule has 0 saturated carbocycles. The van der Waals surface area contributed by atoms with Gasteiger partial charge in [0.25, 0.3) is 0 Å². The SMILES string of the molecule is COC(=O)c1ccc(F)c(NCc2ccc(F)c(Cl)c2)c1. The molecule has 0 aliphatic rings. The highest BCUT2D eigenvalue weighted by atomic mass is 35.5. The smallest absolute Gasteiger partial charge is 0.337 e. The summed E-state index contributed by atoms with van der Waals surface area (Å²) in [6, 6.07) is 8.09. The summed E-state index contributed by atoms with van der Waals surface area (Å²) in [4.78, 5) is 11.4. The van der Waals surface area contributed by atoms with Gasteiger partial charge >= 0.3 is 5.97 Å². The number of esters is 1. The number of benzene rings is 2. The number of halogens is 3. The van der Waals surface area contributed by atoms with Crippen LogP contribution in [-0.4, -0.2) is 13.1 Å². The molecule has 1 N–H and O–H groups in total. The van der Waals surface area contributed by atoms with Gasteiger partial charge in [-0.15, -0.1) is 0 Å². The predicted octanol–water partition coefficient (Wildman–Crippen LogP) is 4.02. The summed E-state index contributed by atoms with van der Waals surface area (Å²) in [5, 5.41) is 2.83. The van der Waals surface area contributed by atoms with Crippen LogP contribution in [0.5, 0.6) is 0 Å². The normalized spacial score (nSPS) is 10.3. The molecule has 6 heteroatoms. The Hall–Kier alpha value is -2.14. The third-order valence-electron chi connectivity index (χ3n) is 2.85. The van der Waals surface area contributed by atoms with Crippen LogP contribution in [0, 0.1) is 11.6 Å². The first kappa shape index (κ1) is 15.3. The summed E-state index contributed by atoms with van der Waals surface area (Å²) in [6.07, 6.45) is 0. The van der Waals surface area contributed by atoms with Gasteiger partial charge in [0.15, 0.2) is 0 Å². The van der Waals surface area contributed by atoms with Gasteiger partial charge in [0.1, 0.15) is 11.6 Å². The largest absolute Gasteiger partial charge is 0.465 e. The van der Waals surface area contributed by atoms with E-state index in [-0.39, 0.29) is 22.8 Å². The van der Waals surface area contributed by atoms with Crippen LogP contribution in [0.4, 0.5) is 14.5 Å². The number of ether oxygens (including phenoxy) is 1. The van der Waals surface area contributed by atoms with Crippen LogP contribution >= 0.6 is 11.6 Å². The van der Waals surface area contributed by atoms with E-state index in [1.165, 1.54) is 43.5 Å². The molecular formula is C15H12ClF2NO2. The number of carbonyl (C=O) groups is 1. The van der Waals surface area contributed by atoms with E-state index in [2.05, 4.69) is 10.1 Å². The first-order chi connectivity index (χ1) is 10.0. The quantitative estimate of drug-likeness (QED) is 0.867. The molecule has 0 aliphatic carbocycles. The highest BCUT2D eigenvalue weighted by molar-refractivity contribution is 6.30. The maximum atomic E-state index is 13.7. The van der Waals surface area contributed by atoms with Crippen molar-refractivity contribution in [3.05, 3.63) is 64.2 Å². The van der Waals surface area contributed by atoms with E-state index in [1.54, 1.807) is 0 Å². The minimum absolute atomic E-state index is 0.00177. The number of rotatable bonds is 4. The molecule has 0 aliphatic heterocycles. The van der Waals surface area contributed by atoms with Crippen molar-refractivity contribution < 1.29 is 18.3 Å². The summed E-state index contributed by atoms with van der Waals surface area (Å²) in [6.45, 7) is 0.238. The first-order valence-electron chi connectivity index (χ1n) is 6.07. The topological polar surface area (TPSA) is 38.3 Å². The number of anilines is 1. The standard InChI is InChI=1S/C15H12ClF2NO2/c1-21-15(20)10-3-5-13(18)14(7-10)19-8-9-2-4-12(17)11(16)6-9/h2-7,19H,8H2,1H3. The number of methoxy groups -OCH3 is 1. The Bertz CT molecular complexity index is 677. The molecule has 0 fully saturated rings. The molecule has 0 spiro atoms. The number of hydrogen-bond acceptors (Lipinski definition) is 3. The second kappa shape index (κ2) is 6.54. The Balaban J connectivity index is 2.15. The average molecular weight is 312 g/mol. The van der Waals surface area contributed by atoms with Crippen molar-refractivity contribution in [2.75, 3.05) is 12.4 Å². The van der Waals surface area contributed by atoms with Crippen LogP contribution in [0.1, 0.15) is 15.9 Å². The Morgan fingerprint density at radius 2 is 1.90 bits per heavy atom. The maximum Gasteiger partial charge on any atom is 0.337 e. The summed E-state index contributed by atoms with van der Waals surface area (Å²) in [7, 11) is 1.25. The number of hydrogen-bond donors (Lipinski definition) is 1. The van der Waals surface area contributed by atoms with Gasteiger partial charge in [-0.05, 0) is 35.9 Å². The summed E-state index contributed by atoms with van der Waals surface area (Å²) >= 11 is 5.67. The van der Waals surface area contributed by atoms with E-state index >= 15 is 0 Å². The monoisotopic (exact) mass is 311 g/mol. The van der Waals surface area contributed by atoms with Crippen molar-refractivity contribution in [3.63, 3.8) is 0 Å². The second-order valence-electron chi connectivity index (χ2n) is 4.29. The zero-order valence-electron chi connectivity index (χ0n) is 11.1. The van der Waals surface area contributed by atoms with Gasteiger partial charge in [0.2, 0.25) is 0 Å². The molecule has 2 aromatic carbocycles. The van der Waals surface area contributed by atoms with Gasteiger partial charge in [-0.3, -0.25) is 0 Å². The molecule has 3 nitrogen and oxygen atoms in total. The zero-order valence-corrected chi connectivity index (χ0v) is 11.9. The van der Waals surface area contributed by atoms with Crippen LogP contribution in [0.25, 0.3) is 0 Å². The van der Waals surface area contributed by atoms with Gasteiger partial charge in [0, 0.05) is 6.54 Å². The fourth-order valence-electron chi connectivity index (χ4n) is 1.75. The molecule has 2 aromatic rings. The van der Waals surface area contributed by atoms with Crippen molar-refractivity contribution in [2.45, 2.75) is 6.54 Å². The van der Waals surface area contributed by atoms with E-state index in [9.17, 15) is 13.6 Å². The van der Waals surface area contributed by atoms with Crippen LogP contribution in [0.3, 0.4) is 0 Å².